The lowest BCUT2D eigenvalue weighted by Gasteiger charge is -2.37. The summed E-state index contributed by atoms with van der Waals surface area (Å²) in [7, 11) is 2.88. The van der Waals surface area contributed by atoms with E-state index in [1.807, 2.05) is 6.07 Å². The van der Waals surface area contributed by atoms with Crippen LogP contribution in [0.4, 0.5) is 0 Å². The van der Waals surface area contributed by atoms with E-state index in [1.165, 1.54) is 18.2 Å². The Labute approximate surface area is 193 Å². The lowest BCUT2D eigenvalue weighted by atomic mass is 9.71. The van der Waals surface area contributed by atoms with Crippen LogP contribution in [0.25, 0.3) is 0 Å². The molecule has 6 nitrogen and oxygen atoms in total. The Kier molecular flexibility index (Phi) is 6.38. The highest BCUT2D eigenvalue weighted by Gasteiger charge is 2.42. The van der Waals surface area contributed by atoms with Crippen LogP contribution in [0.5, 0.6) is 5.75 Å². The number of aryl methyl sites for hydroxylation is 2. The molecule has 0 saturated carbocycles. The minimum atomic E-state index is -0.640. The van der Waals surface area contributed by atoms with E-state index in [2.05, 4.69) is 37.4 Å². The van der Waals surface area contributed by atoms with Gasteiger partial charge in [-0.15, -0.1) is 0 Å². The summed E-state index contributed by atoms with van der Waals surface area (Å²) < 4.78 is 10.5. The molecule has 172 valence electrons. The molecule has 2 unspecified atom stereocenters. The maximum absolute atomic E-state index is 13.6. The van der Waals surface area contributed by atoms with Gasteiger partial charge in [0, 0.05) is 30.7 Å². The molecule has 2 aliphatic rings. The lowest BCUT2D eigenvalue weighted by Crippen LogP contribution is -2.37. The Morgan fingerprint density at radius 3 is 2.58 bits per heavy atom. The molecule has 1 heterocycles. The Morgan fingerprint density at radius 2 is 1.91 bits per heavy atom. The average Bonchev–Trinajstić information content (AvgIpc) is 2.77. The first-order valence-electron chi connectivity index (χ1n) is 11.0. The molecule has 6 heteroatoms. The monoisotopic (exact) mass is 447 g/mol. The Bertz CT molecular complexity index is 1180. The molecule has 0 spiro atoms. The second-order valence-corrected chi connectivity index (χ2v) is 8.75. The van der Waals surface area contributed by atoms with Crippen molar-refractivity contribution in [2.24, 2.45) is 0 Å². The molecule has 2 atom stereocenters. The maximum atomic E-state index is 13.6. The zero-order valence-electron chi connectivity index (χ0n) is 19.4. The largest absolute Gasteiger partial charge is 0.508 e. The van der Waals surface area contributed by atoms with Crippen LogP contribution in [-0.2, 0) is 19.1 Å². The third kappa shape index (κ3) is 4.31. The molecule has 0 aromatic heterocycles. The number of ketones is 1. The Balaban J connectivity index is 1.85. The summed E-state index contributed by atoms with van der Waals surface area (Å²) in [6, 6.07) is 13.0. The van der Waals surface area contributed by atoms with Crippen LogP contribution in [0.3, 0.4) is 0 Å². The quantitative estimate of drug-likeness (QED) is 0.670. The zero-order valence-corrected chi connectivity index (χ0v) is 19.4. The van der Waals surface area contributed by atoms with Crippen molar-refractivity contribution in [3.05, 3.63) is 87.3 Å². The first kappa shape index (κ1) is 22.8. The van der Waals surface area contributed by atoms with Crippen LogP contribution in [0, 0.1) is 13.8 Å². The van der Waals surface area contributed by atoms with Gasteiger partial charge in [0.05, 0.1) is 25.0 Å². The number of carbonyl (C=O) groups is 2. The predicted molar refractivity (Wildman–Crippen MR) is 125 cm³/mol. The van der Waals surface area contributed by atoms with Crippen molar-refractivity contribution < 1.29 is 24.2 Å². The summed E-state index contributed by atoms with van der Waals surface area (Å²) >= 11 is 0. The van der Waals surface area contributed by atoms with E-state index in [1.54, 1.807) is 25.3 Å². The van der Waals surface area contributed by atoms with Crippen molar-refractivity contribution in [1.82, 2.24) is 5.32 Å². The van der Waals surface area contributed by atoms with Crippen molar-refractivity contribution in [2.45, 2.75) is 38.5 Å². The smallest absolute Gasteiger partial charge is 0.336 e. The number of phenols is 1. The minimum Gasteiger partial charge on any atom is -0.508 e. The molecule has 33 heavy (non-hydrogen) atoms. The number of benzene rings is 2. The number of allylic oxidation sites excluding steroid dienone is 2. The Hall–Kier alpha value is -3.38. The average molecular weight is 448 g/mol. The molecule has 0 saturated heterocycles. The summed E-state index contributed by atoms with van der Waals surface area (Å²) in [5.74, 6) is -1.07. The van der Waals surface area contributed by atoms with Gasteiger partial charge in [0.15, 0.2) is 5.78 Å². The van der Waals surface area contributed by atoms with Crippen molar-refractivity contribution >= 4 is 11.8 Å². The number of rotatable bonds is 5. The number of nitrogens with one attached hydrogen (secondary N) is 1. The van der Waals surface area contributed by atoms with E-state index in [0.717, 1.165) is 11.3 Å². The van der Waals surface area contributed by atoms with E-state index in [9.17, 15) is 14.7 Å². The third-order valence-corrected chi connectivity index (χ3v) is 6.47. The molecule has 2 aromatic carbocycles. The fraction of sp³-hybridized carbons (Fsp3) is 0.333. The third-order valence-electron chi connectivity index (χ3n) is 6.47. The SMILES string of the molecule is COCC1=C(C(=O)OC)C(c2cccc(O)c2)C2=C(CC(c3ccc(C)cc3C)CC2=O)N1. The van der Waals surface area contributed by atoms with Gasteiger partial charge < -0.3 is 19.9 Å². The number of methoxy groups -OCH3 is 2. The van der Waals surface area contributed by atoms with Crippen molar-refractivity contribution in [1.29, 1.82) is 0 Å². The number of Topliss-reactive ketones (excluding diaryl/α,β-unsaturated/α-hetero) is 1. The molecular weight excluding hydrogens is 418 g/mol. The first-order valence-corrected chi connectivity index (χ1v) is 11.0. The molecular formula is C27H29NO5. The van der Waals surface area contributed by atoms with E-state index < -0.39 is 11.9 Å². The topological polar surface area (TPSA) is 84.9 Å². The van der Waals surface area contributed by atoms with Crippen LogP contribution in [0.2, 0.25) is 0 Å². The maximum Gasteiger partial charge on any atom is 0.336 e. The molecule has 1 aliphatic heterocycles. The highest BCUT2D eigenvalue weighted by molar-refractivity contribution is 6.04. The number of esters is 1. The highest BCUT2D eigenvalue weighted by atomic mass is 16.5. The van der Waals surface area contributed by atoms with Gasteiger partial charge in [0.1, 0.15) is 5.75 Å². The second kappa shape index (κ2) is 9.24. The van der Waals surface area contributed by atoms with Gasteiger partial charge in [-0.25, -0.2) is 4.79 Å². The fourth-order valence-electron chi connectivity index (χ4n) is 5.10. The molecule has 4 rings (SSSR count). The number of dihydropyridines is 1. The number of phenolic OH excluding ortho intramolecular Hbond substituents is 1. The van der Waals surface area contributed by atoms with E-state index in [4.69, 9.17) is 9.47 Å². The number of ether oxygens (including phenoxy) is 2. The van der Waals surface area contributed by atoms with Crippen LogP contribution in [0.15, 0.2) is 65.0 Å². The summed E-state index contributed by atoms with van der Waals surface area (Å²) in [6.45, 7) is 4.30. The lowest BCUT2D eigenvalue weighted by molar-refractivity contribution is -0.136. The van der Waals surface area contributed by atoms with Gasteiger partial charge in [0.2, 0.25) is 0 Å². The van der Waals surface area contributed by atoms with Crippen LogP contribution < -0.4 is 5.32 Å². The standard InChI is InChI=1S/C27H29NO5/c1-15-8-9-20(16(2)10-15)18-12-21-25(23(30)13-18)24(17-6-5-7-19(29)11-17)26(27(31)33-4)22(28-21)14-32-3/h5-11,18,24,28-29H,12-14H2,1-4H3. The summed E-state index contributed by atoms with van der Waals surface area (Å²) in [6.07, 6.45) is 0.996. The van der Waals surface area contributed by atoms with E-state index >= 15 is 0 Å². The van der Waals surface area contributed by atoms with E-state index in [0.29, 0.717) is 35.2 Å². The van der Waals surface area contributed by atoms with Crippen molar-refractivity contribution in [3.8, 4) is 5.75 Å². The molecule has 0 fully saturated rings. The molecule has 2 aromatic rings. The summed E-state index contributed by atoms with van der Waals surface area (Å²) in [4.78, 5) is 26.5. The minimum absolute atomic E-state index is 0.0139. The van der Waals surface area contributed by atoms with Gasteiger partial charge in [-0.3, -0.25) is 4.79 Å². The first-order chi connectivity index (χ1) is 15.8. The van der Waals surface area contributed by atoms with Gasteiger partial charge in [0.25, 0.3) is 0 Å². The number of carbonyl (C=O) groups excluding carboxylic acids is 2. The summed E-state index contributed by atoms with van der Waals surface area (Å²) in [5, 5.41) is 13.5. The fourth-order valence-corrected chi connectivity index (χ4v) is 5.10. The van der Waals surface area contributed by atoms with Gasteiger partial charge in [-0.1, -0.05) is 35.9 Å². The van der Waals surface area contributed by atoms with Crippen LogP contribution >= 0.6 is 0 Å². The normalized spacial score (nSPS) is 20.4. The van der Waals surface area contributed by atoms with Crippen LogP contribution in [0.1, 0.15) is 46.9 Å². The van der Waals surface area contributed by atoms with Gasteiger partial charge in [-0.05, 0) is 55.0 Å². The van der Waals surface area contributed by atoms with E-state index in [-0.39, 0.29) is 24.1 Å². The molecule has 1 aliphatic carbocycles. The zero-order chi connectivity index (χ0) is 23.7. The summed E-state index contributed by atoms with van der Waals surface area (Å²) in [5.41, 5.74) is 6.44. The Morgan fingerprint density at radius 1 is 1.12 bits per heavy atom. The molecule has 0 amide bonds. The highest BCUT2D eigenvalue weighted by Crippen LogP contribution is 2.46. The molecule has 0 radical (unpaired) electrons. The second-order valence-electron chi connectivity index (χ2n) is 8.75. The number of hydrogen-bond donors (Lipinski definition) is 2. The molecule has 2 N–H and O–H groups in total. The molecule has 0 bridgehead atoms. The van der Waals surface area contributed by atoms with Crippen molar-refractivity contribution in [2.75, 3.05) is 20.8 Å². The number of hydrogen-bond acceptors (Lipinski definition) is 6. The van der Waals surface area contributed by atoms with Gasteiger partial charge in [-0.2, -0.15) is 0 Å². The number of aromatic hydroxyl groups is 1. The predicted octanol–water partition coefficient (Wildman–Crippen LogP) is 4.17. The van der Waals surface area contributed by atoms with Crippen LogP contribution in [-0.4, -0.2) is 37.7 Å². The van der Waals surface area contributed by atoms with Crippen molar-refractivity contribution in [3.63, 3.8) is 0 Å². The van der Waals surface area contributed by atoms with Gasteiger partial charge >= 0.3 is 5.97 Å².